The molecule has 1 aromatic carbocycles. The highest BCUT2D eigenvalue weighted by molar-refractivity contribution is 5.69. The van der Waals surface area contributed by atoms with Crippen molar-refractivity contribution in [3.05, 3.63) is 35.9 Å². The van der Waals surface area contributed by atoms with Crippen molar-refractivity contribution in [2.24, 2.45) is 5.92 Å². The van der Waals surface area contributed by atoms with Gasteiger partial charge in [-0.3, -0.25) is 4.79 Å². The van der Waals surface area contributed by atoms with E-state index < -0.39 is 0 Å². The fourth-order valence-corrected chi connectivity index (χ4v) is 3.34. The van der Waals surface area contributed by atoms with Gasteiger partial charge in [-0.05, 0) is 63.5 Å². The molecule has 22 heavy (non-hydrogen) atoms. The van der Waals surface area contributed by atoms with E-state index in [1.54, 1.807) is 0 Å². The summed E-state index contributed by atoms with van der Waals surface area (Å²) in [4.78, 5) is 11.4. The molecular weight excluding hydrogens is 274 g/mol. The predicted octanol–water partition coefficient (Wildman–Crippen LogP) is 3.89. The summed E-state index contributed by atoms with van der Waals surface area (Å²) in [6.45, 7) is 5.39. The second-order valence-electron chi connectivity index (χ2n) is 6.45. The number of carbonyl (C=O) groups is 1. The average Bonchev–Trinajstić information content (AvgIpc) is 2.54. The Morgan fingerprint density at radius 3 is 2.55 bits per heavy atom. The third-order valence-electron chi connectivity index (χ3n) is 4.65. The molecule has 0 radical (unpaired) electrons. The van der Waals surface area contributed by atoms with E-state index in [0.717, 1.165) is 18.4 Å². The van der Waals surface area contributed by atoms with E-state index in [9.17, 15) is 4.79 Å². The van der Waals surface area contributed by atoms with Gasteiger partial charge in [-0.15, -0.1) is 0 Å². The lowest BCUT2D eigenvalue weighted by atomic mass is 9.78. The zero-order valence-corrected chi connectivity index (χ0v) is 13.9. The highest BCUT2D eigenvalue weighted by Crippen LogP contribution is 2.35. The summed E-state index contributed by atoms with van der Waals surface area (Å²) in [5.41, 5.74) is 1.49. The minimum atomic E-state index is -0.102. The van der Waals surface area contributed by atoms with E-state index in [-0.39, 0.29) is 12.0 Å². The number of esters is 1. The normalized spacial score (nSPS) is 23.0. The van der Waals surface area contributed by atoms with Crippen LogP contribution >= 0.6 is 0 Å². The molecule has 1 atom stereocenters. The maximum Gasteiger partial charge on any atom is 0.307 e. The van der Waals surface area contributed by atoms with E-state index in [1.165, 1.54) is 31.2 Å². The Morgan fingerprint density at radius 1 is 1.23 bits per heavy atom. The Kier molecular flexibility index (Phi) is 6.91. The summed E-state index contributed by atoms with van der Waals surface area (Å²) in [5.74, 6) is 1.37. The first-order valence-corrected chi connectivity index (χ1v) is 8.63. The second kappa shape index (κ2) is 8.94. The third kappa shape index (κ3) is 5.45. The number of ether oxygens (including phenoxy) is 1. The highest BCUT2D eigenvalue weighted by Gasteiger charge is 2.22. The lowest BCUT2D eigenvalue weighted by Gasteiger charge is -2.29. The minimum Gasteiger partial charge on any atom is -0.466 e. The second-order valence-corrected chi connectivity index (χ2v) is 6.45. The van der Waals surface area contributed by atoms with Crippen LogP contribution < -0.4 is 5.32 Å². The van der Waals surface area contributed by atoms with Gasteiger partial charge in [0.25, 0.3) is 0 Å². The van der Waals surface area contributed by atoms with Gasteiger partial charge in [0.15, 0.2) is 0 Å². The van der Waals surface area contributed by atoms with E-state index >= 15 is 0 Å². The third-order valence-corrected chi connectivity index (χ3v) is 4.65. The van der Waals surface area contributed by atoms with Crippen LogP contribution in [0.15, 0.2) is 30.3 Å². The molecule has 3 heteroatoms. The lowest BCUT2D eigenvalue weighted by molar-refractivity contribution is -0.143. The topological polar surface area (TPSA) is 38.3 Å². The first-order chi connectivity index (χ1) is 10.7. The van der Waals surface area contributed by atoms with Gasteiger partial charge < -0.3 is 10.1 Å². The van der Waals surface area contributed by atoms with Crippen LogP contribution in [-0.2, 0) is 9.53 Å². The van der Waals surface area contributed by atoms with Gasteiger partial charge in [-0.2, -0.15) is 0 Å². The van der Waals surface area contributed by atoms with Gasteiger partial charge in [0.1, 0.15) is 0 Å². The van der Waals surface area contributed by atoms with Crippen molar-refractivity contribution in [1.29, 1.82) is 0 Å². The largest absolute Gasteiger partial charge is 0.466 e. The molecule has 1 aliphatic rings. The lowest BCUT2D eigenvalue weighted by Crippen LogP contribution is -2.34. The molecule has 1 saturated carbocycles. The number of hydrogen-bond donors (Lipinski definition) is 1. The molecule has 122 valence electrons. The maximum absolute atomic E-state index is 11.4. The van der Waals surface area contributed by atoms with Gasteiger partial charge in [0.2, 0.25) is 0 Å². The molecule has 3 nitrogen and oxygen atoms in total. The van der Waals surface area contributed by atoms with E-state index in [2.05, 4.69) is 42.6 Å². The van der Waals surface area contributed by atoms with Crippen molar-refractivity contribution in [1.82, 2.24) is 5.32 Å². The van der Waals surface area contributed by atoms with Crippen LogP contribution in [0.25, 0.3) is 0 Å². The molecule has 0 aromatic heterocycles. The standard InChI is InChI=1S/C19H29NO2/c1-3-22-19(21)13-15(2)20-14-16-9-11-18(12-10-16)17-7-5-4-6-8-17/h4-8,15-16,18,20H,3,9-14H2,1-2H3. The van der Waals surface area contributed by atoms with E-state index in [0.29, 0.717) is 13.0 Å². The first-order valence-electron chi connectivity index (χ1n) is 8.63. The molecular formula is C19H29NO2. The zero-order valence-electron chi connectivity index (χ0n) is 13.9. The predicted molar refractivity (Wildman–Crippen MR) is 89.9 cm³/mol. The van der Waals surface area contributed by atoms with E-state index in [1.807, 2.05) is 6.92 Å². The monoisotopic (exact) mass is 303 g/mol. The summed E-state index contributed by atoms with van der Waals surface area (Å²) in [5, 5.41) is 3.50. The molecule has 0 saturated heterocycles. The van der Waals surface area contributed by atoms with Gasteiger partial charge >= 0.3 is 5.97 Å². The van der Waals surface area contributed by atoms with E-state index in [4.69, 9.17) is 4.74 Å². The van der Waals surface area contributed by atoms with Crippen molar-refractivity contribution in [3.8, 4) is 0 Å². The Bertz CT molecular complexity index is 438. The number of hydrogen-bond acceptors (Lipinski definition) is 3. The van der Waals surface area contributed by atoms with Crippen LogP contribution in [0.4, 0.5) is 0 Å². The number of benzene rings is 1. The summed E-state index contributed by atoms with van der Waals surface area (Å²) < 4.78 is 4.99. The first kappa shape index (κ1) is 17.0. The summed E-state index contributed by atoms with van der Waals surface area (Å²) >= 11 is 0. The van der Waals surface area contributed by atoms with Crippen molar-refractivity contribution >= 4 is 5.97 Å². The molecule has 1 fully saturated rings. The molecule has 1 aromatic rings. The smallest absolute Gasteiger partial charge is 0.307 e. The average molecular weight is 303 g/mol. The Morgan fingerprint density at radius 2 is 1.91 bits per heavy atom. The van der Waals surface area contributed by atoms with Gasteiger partial charge in [-0.25, -0.2) is 0 Å². The quantitative estimate of drug-likeness (QED) is 0.777. The van der Waals surface area contributed by atoms with Gasteiger partial charge in [-0.1, -0.05) is 30.3 Å². The molecule has 1 unspecified atom stereocenters. The highest BCUT2D eigenvalue weighted by atomic mass is 16.5. The molecule has 0 amide bonds. The van der Waals surface area contributed by atoms with Crippen molar-refractivity contribution in [2.75, 3.05) is 13.2 Å². The fraction of sp³-hybridized carbons (Fsp3) is 0.632. The zero-order chi connectivity index (χ0) is 15.8. The summed E-state index contributed by atoms with van der Waals surface area (Å²) in [6.07, 6.45) is 5.58. The Labute approximate surface area is 134 Å². The Hall–Kier alpha value is -1.35. The van der Waals surface area contributed by atoms with Crippen molar-refractivity contribution < 1.29 is 9.53 Å². The van der Waals surface area contributed by atoms with Gasteiger partial charge in [0, 0.05) is 6.04 Å². The summed E-state index contributed by atoms with van der Waals surface area (Å²) in [7, 11) is 0. The SMILES string of the molecule is CCOC(=O)CC(C)NCC1CCC(c2ccccc2)CC1. The van der Waals surface area contributed by atoms with Crippen molar-refractivity contribution in [3.63, 3.8) is 0 Å². The van der Waals surface area contributed by atoms with Crippen LogP contribution in [0.5, 0.6) is 0 Å². The molecule has 1 aliphatic carbocycles. The molecule has 2 rings (SSSR count). The molecule has 0 spiro atoms. The van der Waals surface area contributed by atoms with Crippen LogP contribution in [0.3, 0.4) is 0 Å². The minimum absolute atomic E-state index is 0.102. The molecule has 1 N–H and O–H groups in total. The number of rotatable bonds is 7. The number of carbonyl (C=O) groups excluding carboxylic acids is 1. The molecule has 0 aliphatic heterocycles. The van der Waals surface area contributed by atoms with Gasteiger partial charge in [0.05, 0.1) is 13.0 Å². The molecule has 0 bridgehead atoms. The van der Waals surface area contributed by atoms with Crippen LogP contribution in [0.2, 0.25) is 0 Å². The summed E-state index contributed by atoms with van der Waals surface area (Å²) in [6, 6.07) is 11.1. The van der Waals surface area contributed by atoms with Crippen LogP contribution in [-0.4, -0.2) is 25.2 Å². The Balaban J connectivity index is 1.66. The van der Waals surface area contributed by atoms with Crippen molar-refractivity contribution in [2.45, 2.75) is 57.9 Å². The fourth-order valence-electron chi connectivity index (χ4n) is 3.34. The van der Waals surface area contributed by atoms with Crippen LogP contribution in [0.1, 0.15) is 57.4 Å². The maximum atomic E-state index is 11.4. The van der Waals surface area contributed by atoms with Crippen LogP contribution in [0, 0.1) is 5.92 Å². The number of nitrogens with one attached hydrogen (secondary N) is 1. The molecule has 0 heterocycles.